The average molecular weight is 271 g/mol. The summed E-state index contributed by atoms with van der Waals surface area (Å²) in [5, 5.41) is 17.8. The monoisotopic (exact) mass is 271 g/mol. The zero-order valence-corrected chi connectivity index (χ0v) is 10.1. The summed E-state index contributed by atoms with van der Waals surface area (Å²) in [7, 11) is 1.45. The summed E-state index contributed by atoms with van der Waals surface area (Å²) in [6.07, 6.45) is 0.217. The Bertz CT molecular complexity index is 497. The second-order valence-corrected chi connectivity index (χ2v) is 3.50. The number of carboxylic acids is 1. The Morgan fingerprint density at radius 1 is 1.47 bits per heavy atom. The molecule has 0 aliphatic rings. The van der Waals surface area contributed by atoms with Gasteiger partial charge in [-0.15, -0.1) is 5.10 Å². The highest BCUT2D eigenvalue weighted by molar-refractivity contribution is 5.93. The fourth-order valence-corrected chi connectivity index (χ4v) is 1.39. The molecule has 0 spiro atoms. The standard InChI is InChI=1S/C9H13N5O5/c1-19-3-2-5-7(8(16)17)12-13-14(5)4-6(15)11-9(10)18/h2-4H2,1H3,(H,16,17)(H3,10,11,15,18). The van der Waals surface area contributed by atoms with E-state index in [0.29, 0.717) is 0 Å². The smallest absolute Gasteiger partial charge is 0.358 e. The molecule has 10 nitrogen and oxygen atoms in total. The first-order valence-electron chi connectivity index (χ1n) is 5.19. The molecule has 104 valence electrons. The maximum absolute atomic E-state index is 11.3. The van der Waals surface area contributed by atoms with E-state index in [-0.39, 0.29) is 31.0 Å². The van der Waals surface area contributed by atoms with Crippen LogP contribution in [0.15, 0.2) is 0 Å². The van der Waals surface area contributed by atoms with Gasteiger partial charge in [-0.2, -0.15) is 0 Å². The van der Waals surface area contributed by atoms with Crippen LogP contribution >= 0.6 is 0 Å². The molecule has 0 aliphatic heterocycles. The number of ether oxygens (including phenoxy) is 1. The summed E-state index contributed by atoms with van der Waals surface area (Å²) in [6, 6.07) is -0.998. The van der Waals surface area contributed by atoms with Crippen LogP contribution in [-0.2, 0) is 22.5 Å². The highest BCUT2D eigenvalue weighted by atomic mass is 16.5. The first-order chi connectivity index (χ1) is 8.95. The molecule has 0 unspecified atom stereocenters. The van der Waals surface area contributed by atoms with Crippen LogP contribution in [-0.4, -0.2) is 51.7 Å². The molecule has 0 saturated carbocycles. The molecule has 3 amide bonds. The minimum atomic E-state index is -1.26. The zero-order valence-electron chi connectivity index (χ0n) is 10.1. The van der Waals surface area contributed by atoms with Crippen molar-refractivity contribution in [2.45, 2.75) is 13.0 Å². The van der Waals surface area contributed by atoms with E-state index in [0.717, 1.165) is 4.68 Å². The number of amides is 3. The molecule has 0 aliphatic carbocycles. The third-order valence-corrected chi connectivity index (χ3v) is 2.14. The second kappa shape index (κ2) is 6.44. The first-order valence-corrected chi connectivity index (χ1v) is 5.19. The number of imide groups is 1. The number of carbonyl (C=O) groups excluding carboxylic acids is 2. The van der Waals surface area contributed by atoms with Crippen LogP contribution in [0, 0.1) is 0 Å². The molecule has 0 bridgehead atoms. The van der Waals surface area contributed by atoms with E-state index in [1.165, 1.54) is 7.11 Å². The quantitative estimate of drug-likeness (QED) is 0.561. The molecule has 0 aromatic carbocycles. The van der Waals surface area contributed by atoms with E-state index >= 15 is 0 Å². The highest BCUT2D eigenvalue weighted by Gasteiger charge is 2.20. The lowest BCUT2D eigenvalue weighted by Gasteiger charge is -2.06. The Morgan fingerprint density at radius 3 is 2.68 bits per heavy atom. The number of nitrogens with zero attached hydrogens (tertiary/aromatic N) is 3. The lowest BCUT2D eigenvalue weighted by atomic mass is 10.2. The Balaban J connectivity index is 2.90. The molecular formula is C9H13N5O5. The van der Waals surface area contributed by atoms with Gasteiger partial charge >= 0.3 is 12.0 Å². The van der Waals surface area contributed by atoms with E-state index in [2.05, 4.69) is 10.3 Å². The predicted molar refractivity (Wildman–Crippen MR) is 60.3 cm³/mol. The van der Waals surface area contributed by atoms with Crippen molar-refractivity contribution in [3.63, 3.8) is 0 Å². The van der Waals surface area contributed by atoms with Gasteiger partial charge in [-0.05, 0) is 0 Å². The summed E-state index contributed by atoms with van der Waals surface area (Å²) in [5.41, 5.74) is 4.76. The molecule has 1 rings (SSSR count). The average Bonchev–Trinajstić information content (AvgIpc) is 2.68. The number of carbonyl (C=O) groups is 3. The Morgan fingerprint density at radius 2 is 2.16 bits per heavy atom. The topological polar surface area (TPSA) is 149 Å². The maximum atomic E-state index is 11.3. The van der Waals surface area contributed by atoms with Crippen molar-refractivity contribution < 1.29 is 24.2 Å². The number of urea groups is 1. The maximum Gasteiger partial charge on any atom is 0.358 e. The molecule has 10 heteroatoms. The normalized spacial score (nSPS) is 10.2. The van der Waals surface area contributed by atoms with Crippen LogP contribution in [0.2, 0.25) is 0 Å². The fourth-order valence-electron chi connectivity index (χ4n) is 1.39. The third-order valence-electron chi connectivity index (χ3n) is 2.14. The summed E-state index contributed by atoms with van der Waals surface area (Å²) < 4.78 is 5.92. The van der Waals surface area contributed by atoms with Gasteiger partial charge in [-0.3, -0.25) is 10.1 Å². The van der Waals surface area contributed by atoms with Crippen molar-refractivity contribution in [3.05, 3.63) is 11.4 Å². The number of aromatic nitrogens is 3. The van der Waals surface area contributed by atoms with Gasteiger partial charge in [0.05, 0.1) is 12.3 Å². The van der Waals surface area contributed by atoms with E-state index in [1.54, 1.807) is 0 Å². The number of aromatic carboxylic acids is 1. The summed E-state index contributed by atoms with van der Waals surface area (Å²) in [4.78, 5) is 32.8. The van der Waals surface area contributed by atoms with Crippen LogP contribution in [0.3, 0.4) is 0 Å². The van der Waals surface area contributed by atoms with Crippen LogP contribution in [0.5, 0.6) is 0 Å². The number of primary amides is 1. The highest BCUT2D eigenvalue weighted by Crippen LogP contribution is 2.07. The van der Waals surface area contributed by atoms with Gasteiger partial charge in [0.15, 0.2) is 5.69 Å². The SMILES string of the molecule is COCCc1c(C(=O)O)nnn1CC(=O)NC(N)=O. The van der Waals surface area contributed by atoms with Gasteiger partial charge in [0.25, 0.3) is 0 Å². The number of methoxy groups -OCH3 is 1. The van der Waals surface area contributed by atoms with E-state index in [9.17, 15) is 14.4 Å². The fraction of sp³-hybridized carbons (Fsp3) is 0.444. The van der Waals surface area contributed by atoms with Gasteiger partial charge in [0, 0.05) is 13.5 Å². The number of carboxylic acid groups (broad SMARTS) is 1. The minimum absolute atomic E-state index is 0.217. The number of hydrogen-bond acceptors (Lipinski definition) is 6. The van der Waals surface area contributed by atoms with Crippen molar-refractivity contribution in [1.29, 1.82) is 0 Å². The molecule has 1 aromatic heterocycles. The van der Waals surface area contributed by atoms with Crippen molar-refractivity contribution in [3.8, 4) is 0 Å². The van der Waals surface area contributed by atoms with Crippen molar-refractivity contribution in [1.82, 2.24) is 20.3 Å². The third kappa shape index (κ3) is 4.03. The molecule has 0 fully saturated rings. The largest absolute Gasteiger partial charge is 0.476 e. The minimum Gasteiger partial charge on any atom is -0.476 e. The van der Waals surface area contributed by atoms with Crippen LogP contribution in [0.1, 0.15) is 16.2 Å². The zero-order chi connectivity index (χ0) is 14.4. The number of nitrogens with two attached hydrogens (primary N) is 1. The lowest BCUT2D eigenvalue weighted by molar-refractivity contribution is -0.120. The molecule has 0 radical (unpaired) electrons. The summed E-state index contributed by atoms with van der Waals surface area (Å²) >= 11 is 0. The van der Waals surface area contributed by atoms with Crippen LogP contribution < -0.4 is 11.1 Å². The van der Waals surface area contributed by atoms with Gasteiger partial charge in [-0.25, -0.2) is 14.3 Å². The summed E-state index contributed by atoms with van der Waals surface area (Å²) in [6.45, 7) is -0.118. The van der Waals surface area contributed by atoms with Gasteiger partial charge in [0.2, 0.25) is 5.91 Å². The molecular weight excluding hydrogens is 258 g/mol. The molecule has 19 heavy (non-hydrogen) atoms. The van der Waals surface area contributed by atoms with Gasteiger partial charge < -0.3 is 15.6 Å². The van der Waals surface area contributed by atoms with E-state index < -0.39 is 17.9 Å². The molecule has 0 atom stereocenters. The van der Waals surface area contributed by atoms with Gasteiger partial charge in [0.1, 0.15) is 6.54 Å². The summed E-state index contributed by atoms with van der Waals surface area (Å²) in [5.74, 6) is -1.97. The Labute approximate surface area is 107 Å². The Hall–Kier alpha value is -2.49. The lowest BCUT2D eigenvalue weighted by Crippen LogP contribution is -2.37. The number of nitrogens with one attached hydrogen (secondary N) is 1. The molecule has 1 aromatic rings. The van der Waals surface area contributed by atoms with E-state index in [1.807, 2.05) is 5.32 Å². The number of rotatable bonds is 6. The van der Waals surface area contributed by atoms with Crippen LogP contribution in [0.25, 0.3) is 0 Å². The van der Waals surface area contributed by atoms with Gasteiger partial charge in [-0.1, -0.05) is 5.21 Å². The predicted octanol–water partition coefficient (Wildman–Crippen LogP) is -1.64. The molecule has 0 saturated heterocycles. The molecule has 1 heterocycles. The van der Waals surface area contributed by atoms with E-state index in [4.69, 9.17) is 15.6 Å². The molecule has 4 N–H and O–H groups in total. The number of hydrogen-bond donors (Lipinski definition) is 3. The first kappa shape index (κ1) is 14.6. The Kier molecular flexibility index (Phi) is 4.94. The second-order valence-electron chi connectivity index (χ2n) is 3.50. The van der Waals surface area contributed by atoms with Crippen molar-refractivity contribution >= 4 is 17.9 Å². The van der Waals surface area contributed by atoms with Crippen molar-refractivity contribution in [2.75, 3.05) is 13.7 Å². The van der Waals surface area contributed by atoms with Crippen LogP contribution in [0.4, 0.5) is 4.79 Å². The van der Waals surface area contributed by atoms with Crippen molar-refractivity contribution in [2.24, 2.45) is 5.73 Å².